The topological polar surface area (TPSA) is 46.5 Å². The van der Waals surface area contributed by atoms with Crippen molar-refractivity contribution < 1.29 is 14.6 Å². The molecule has 3 heteroatoms. The van der Waals surface area contributed by atoms with Gasteiger partial charge in [0.05, 0.1) is 12.7 Å². The fourth-order valence-electron chi connectivity index (χ4n) is 1.01. The predicted molar refractivity (Wildman–Crippen MR) is 35.7 cm³/mol. The molecule has 0 amide bonds. The van der Waals surface area contributed by atoms with Crippen LogP contribution in [0.25, 0.3) is 0 Å². The molecule has 1 N–H and O–H groups in total. The minimum atomic E-state index is -0.882. The van der Waals surface area contributed by atoms with Crippen molar-refractivity contribution in [3.63, 3.8) is 0 Å². The van der Waals surface area contributed by atoms with Gasteiger partial charge in [0.2, 0.25) is 0 Å². The fraction of sp³-hybridized carbons (Fsp3) is 0.571. The maximum absolute atomic E-state index is 10.2. The molecule has 1 aliphatic heterocycles. The second-order valence-corrected chi connectivity index (χ2v) is 2.32. The number of carboxylic acid groups (broad SMARTS) is 1. The summed E-state index contributed by atoms with van der Waals surface area (Å²) in [6.07, 6.45) is 1.99. The standard InChI is InChI=1S/C7H10O3/c1-5-6(2-3-10-5)4-7(8)9/h4-5H,2-3H2,1H3,(H,8,9)/b6-4+/t5-/m1/s1. The number of carbonyl (C=O) groups is 1. The van der Waals surface area contributed by atoms with E-state index in [0.29, 0.717) is 6.61 Å². The van der Waals surface area contributed by atoms with Crippen LogP contribution in [0.15, 0.2) is 11.6 Å². The number of hydrogen-bond donors (Lipinski definition) is 1. The summed E-state index contributed by atoms with van der Waals surface area (Å²) in [5, 5.41) is 8.36. The minimum Gasteiger partial charge on any atom is -0.478 e. The van der Waals surface area contributed by atoms with Crippen molar-refractivity contribution in [2.45, 2.75) is 19.4 Å². The van der Waals surface area contributed by atoms with E-state index in [4.69, 9.17) is 9.84 Å². The van der Waals surface area contributed by atoms with E-state index in [0.717, 1.165) is 12.0 Å². The average molecular weight is 142 g/mol. The Morgan fingerprint density at radius 1 is 1.90 bits per heavy atom. The summed E-state index contributed by atoms with van der Waals surface area (Å²) in [6.45, 7) is 2.52. The van der Waals surface area contributed by atoms with Crippen LogP contribution in [0.2, 0.25) is 0 Å². The number of carboxylic acids is 1. The van der Waals surface area contributed by atoms with Gasteiger partial charge >= 0.3 is 5.97 Å². The van der Waals surface area contributed by atoms with Crippen LogP contribution in [-0.4, -0.2) is 23.8 Å². The molecule has 0 spiro atoms. The van der Waals surface area contributed by atoms with Crippen molar-refractivity contribution >= 4 is 5.97 Å². The quantitative estimate of drug-likeness (QED) is 0.551. The Labute approximate surface area is 59.3 Å². The lowest BCUT2D eigenvalue weighted by atomic mass is 10.1. The van der Waals surface area contributed by atoms with Crippen LogP contribution < -0.4 is 0 Å². The van der Waals surface area contributed by atoms with E-state index in [2.05, 4.69) is 0 Å². The monoisotopic (exact) mass is 142 g/mol. The molecular weight excluding hydrogens is 132 g/mol. The van der Waals surface area contributed by atoms with Gasteiger partial charge in [-0.1, -0.05) is 0 Å². The first-order valence-corrected chi connectivity index (χ1v) is 3.25. The van der Waals surface area contributed by atoms with E-state index in [1.54, 1.807) is 0 Å². The van der Waals surface area contributed by atoms with E-state index >= 15 is 0 Å². The molecule has 56 valence electrons. The van der Waals surface area contributed by atoms with Crippen molar-refractivity contribution in [1.29, 1.82) is 0 Å². The van der Waals surface area contributed by atoms with Crippen LogP contribution in [0, 0.1) is 0 Å². The highest BCUT2D eigenvalue weighted by Gasteiger charge is 2.16. The largest absolute Gasteiger partial charge is 0.478 e. The Kier molecular flexibility index (Phi) is 2.06. The highest BCUT2D eigenvalue weighted by Crippen LogP contribution is 2.18. The molecule has 0 aromatic carbocycles. The average Bonchev–Trinajstić information content (AvgIpc) is 2.15. The summed E-state index contributed by atoms with van der Waals surface area (Å²) in [5.74, 6) is -0.882. The zero-order valence-corrected chi connectivity index (χ0v) is 5.83. The zero-order valence-electron chi connectivity index (χ0n) is 5.83. The van der Waals surface area contributed by atoms with Gasteiger partial charge in [-0.05, 0) is 18.9 Å². The molecule has 1 saturated heterocycles. The molecule has 0 aromatic heterocycles. The van der Waals surface area contributed by atoms with Gasteiger partial charge in [0.25, 0.3) is 0 Å². The van der Waals surface area contributed by atoms with Gasteiger partial charge in [0, 0.05) is 6.08 Å². The molecular formula is C7H10O3. The summed E-state index contributed by atoms with van der Waals surface area (Å²) in [7, 11) is 0. The number of ether oxygens (including phenoxy) is 1. The molecule has 10 heavy (non-hydrogen) atoms. The van der Waals surface area contributed by atoms with Crippen LogP contribution in [-0.2, 0) is 9.53 Å². The van der Waals surface area contributed by atoms with Crippen molar-refractivity contribution in [2.75, 3.05) is 6.61 Å². The summed E-state index contributed by atoms with van der Waals surface area (Å²) in [4.78, 5) is 10.2. The Morgan fingerprint density at radius 2 is 2.60 bits per heavy atom. The first kappa shape index (κ1) is 7.28. The first-order chi connectivity index (χ1) is 4.70. The minimum absolute atomic E-state index is 0.00361. The van der Waals surface area contributed by atoms with Crippen LogP contribution in [0.1, 0.15) is 13.3 Å². The Morgan fingerprint density at radius 3 is 3.00 bits per heavy atom. The molecule has 0 radical (unpaired) electrons. The fourth-order valence-corrected chi connectivity index (χ4v) is 1.01. The molecule has 1 atom stereocenters. The van der Waals surface area contributed by atoms with E-state index in [-0.39, 0.29) is 6.10 Å². The molecule has 3 nitrogen and oxygen atoms in total. The van der Waals surface area contributed by atoms with Gasteiger partial charge in [0.15, 0.2) is 0 Å². The second kappa shape index (κ2) is 2.84. The smallest absolute Gasteiger partial charge is 0.328 e. The van der Waals surface area contributed by atoms with Crippen molar-refractivity contribution in [2.24, 2.45) is 0 Å². The zero-order chi connectivity index (χ0) is 7.56. The van der Waals surface area contributed by atoms with Crippen LogP contribution >= 0.6 is 0 Å². The lowest BCUT2D eigenvalue weighted by Crippen LogP contribution is -2.02. The summed E-state index contributed by atoms with van der Waals surface area (Å²) in [5.41, 5.74) is 0.882. The SMILES string of the molecule is C[C@H]1OCC/C1=C\C(=O)O. The number of rotatable bonds is 1. The molecule has 0 saturated carbocycles. The Bertz CT molecular complexity index is 172. The maximum atomic E-state index is 10.2. The van der Waals surface area contributed by atoms with Gasteiger partial charge < -0.3 is 9.84 Å². The first-order valence-electron chi connectivity index (χ1n) is 3.25. The van der Waals surface area contributed by atoms with E-state index in [1.165, 1.54) is 6.08 Å². The highest BCUT2D eigenvalue weighted by molar-refractivity contribution is 5.80. The molecule has 0 bridgehead atoms. The highest BCUT2D eigenvalue weighted by atomic mass is 16.5. The molecule has 0 aromatic rings. The normalized spacial score (nSPS) is 29.3. The summed E-state index contributed by atoms with van der Waals surface area (Å²) >= 11 is 0. The van der Waals surface area contributed by atoms with Gasteiger partial charge in [0.1, 0.15) is 0 Å². The van der Waals surface area contributed by atoms with E-state index in [9.17, 15) is 4.79 Å². The third-order valence-electron chi connectivity index (χ3n) is 1.59. The number of aliphatic carboxylic acids is 1. The second-order valence-electron chi connectivity index (χ2n) is 2.32. The van der Waals surface area contributed by atoms with E-state index < -0.39 is 5.97 Å². The van der Waals surface area contributed by atoms with Crippen molar-refractivity contribution in [3.05, 3.63) is 11.6 Å². The van der Waals surface area contributed by atoms with Crippen LogP contribution in [0.4, 0.5) is 0 Å². The van der Waals surface area contributed by atoms with Crippen LogP contribution in [0.5, 0.6) is 0 Å². The molecule has 0 unspecified atom stereocenters. The van der Waals surface area contributed by atoms with Gasteiger partial charge in [-0.2, -0.15) is 0 Å². The molecule has 1 heterocycles. The lowest BCUT2D eigenvalue weighted by Gasteiger charge is -2.00. The Hall–Kier alpha value is -0.830. The molecule has 1 rings (SSSR count). The Balaban J connectivity index is 2.62. The van der Waals surface area contributed by atoms with Crippen molar-refractivity contribution in [1.82, 2.24) is 0 Å². The summed E-state index contributed by atoms with van der Waals surface area (Å²) in [6, 6.07) is 0. The van der Waals surface area contributed by atoms with Gasteiger partial charge in [-0.25, -0.2) is 4.79 Å². The van der Waals surface area contributed by atoms with Crippen molar-refractivity contribution in [3.8, 4) is 0 Å². The van der Waals surface area contributed by atoms with E-state index in [1.807, 2.05) is 6.92 Å². The number of hydrogen-bond acceptors (Lipinski definition) is 2. The molecule has 1 fully saturated rings. The third-order valence-corrected chi connectivity index (χ3v) is 1.59. The maximum Gasteiger partial charge on any atom is 0.328 e. The third kappa shape index (κ3) is 1.57. The van der Waals surface area contributed by atoms with Gasteiger partial charge in [-0.3, -0.25) is 0 Å². The molecule has 0 aliphatic carbocycles. The molecule has 1 aliphatic rings. The van der Waals surface area contributed by atoms with Gasteiger partial charge in [-0.15, -0.1) is 0 Å². The lowest BCUT2D eigenvalue weighted by molar-refractivity contribution is -0.131. The van der Waals surface area contributed by atoms with Crippen LogP contribution in [0.3, 0.4) is 0 Å². The predicted octanol–water partition coefficient (Wildman–Crippen LogP) is 0.806. The summed E-state index contributed by atoms with van der Waals surface area (Å²) < 4.78 is 5.13.